The summed E-state index contributed by atoms with van der Waals surface area (Å²) in [6, 6.07) is 47.7. The highest BCUT2D eigenvalue weighted by Gasteiger charge is 2.25. The van der Waals surface area contributed by atoms with E-state index in [1.54, 1.807) is 0 Å². The lowest BCUT2D eigenvalue weighted by Gasteiger charge is -2.16. The molecule has 2 aromatic heterocycles. The zero-order valence-electron chi connectivity index (χ0n) is 24.1. The molecule has 7 aromatic rings. The van der Waals surface area contributed by atoms with Crippen LogP contribution in [0.3, 0.4) is 0 Å². The van der Waals surface area contributed by atoms with E-state index in [1.165, 1.54) is 22.3 Å². The van der Waals surface area contributed by atoms with Gasteiger partial charge in [0, 0.05) is 27.6 Å². The van der Waals surface area contributed by atoms with Gasteiger partial charge in [0.2, 0.25) is 0 Å². The Morgan fingerprint density at radius 2 is 0.833 bits per heavy atom. The van der Waals surface area contributed by atoms with Crippen LogP contribution in [-0.2, 0) is 0 Å². The van der Waals surface area contributed by atoms with E-state index in [4.69, 9.17) is 4.98 Å². The molecule has 0 amide bonds. The summed E-state index contributed by atoms with van der Waals surface area (Å²) in [5, 5.41) is 1.13. The lowest BCUT2D eigenvalue weighted by molar-refractivity contribution is 1.33. The first-order chi connectivity index (χ1) is 20.6. The van der Waals surface area contributed by atoms with Gasteiger partial charge in [0.05, 0.1) is 22.6 Å². The van der Waals surface area contributed by atoms with E-state index < -0.39 is 0 Å². The highest BCUT2D eigenvalue weighted by molar-refractivity contribution is 6.16. The second kappa shape index (κ2) is 10.6. The van der Waals surface area contributed by atoms with Crippen LogP contribution in [0.25, 0.3) is 66.9 Å². The van der Waals surface area contributed by atoms with Crippen molar-refractivity contribution >= 4 is 10.9 Å². The minimum atomic E-state index is 0.973. The van der Waals surface area contributed by atoms with Crippen molar-refractivity contribution in [2.24, 2.45) is 0 Å². The van der Waals surface area contributed by atoms with Gasteiger partial charge in [0.15, 0.2) is 0 Å². The molecule has 0 spiro atoms. The lowest BCUT2D eigenvalue weighted by Crippen LogP contribution is -1.96. The van der Waals surface area contributed by atoms with Gasteiger partial charge in [-0.1, -0.05) is 150 Å². The summed E-state index contributed by atoms with van der Waals surface area (Å²) in [5.74, 6) is 0. The Hall–Kier alpha value is -5.21. The van der Waals surface area contributed by atoms with E-state index in [9.17, 15) is 0 Å². The van der Waals surface area contributed by atoms with Crippen molar-refractivity contribution in [3.63, 3.8) is 0 Å². The maximum Gasteiger partial charge on any atom is 0.0810 e. The molecule has 1 N–H and O–H groups in total. The summed E-state index contributed by atoms with van der Waals surface area (Å²) in [7, 11) is 0. The molecule has 0 bridgehead atoms. The van der Waals surface area contributed by atoms with Gasteiger partial charge >= 0.3 is 0 Å². The molecule has 0 aliphatic rings. The topological polar surface area (TPSA) is 28.7 Å². The first kappa shape index (κ1) is 25.7. The third-order valence-electron chi connectivity index (χ3n) is 8.06. The smallest absolute Gasteiger partial charge is 0.0810 e. The molecule has 2 nitrogen and oxygen atoms in total. The number of hydrogen-bond donors (Lipinski definition) is 1. The number of nitrogens with zero attached hydrogens (tertiary/aromatic N) is 1. The Morgan fingerprint density at radius 1 is 0.405 bits per heavy atom. The molecule has 5 aromatic carbocycles. The molecule has 2 heteroatoms. The largest absolute Gasteiger partial charge is 0.353 e. The van der Waals surface area contributed by atoms with Crippen molar-refractivity contribution < 1.29 is 0 Å². The minimum Gasteiger partial charge on any atom is -0.353 e. The van der Waals surface area contributed by atoms with Crippen LogP contribution in [0.4, 0.5) is 0 Å². The number of aromatic nitrogens is 2. The number of benzene rings is 5. The standard InChI is InChI=1S/C40H32N2/c1-26-14-20-31(21-15-26)37-34(29-10-6-4-7-11-29)36-39(33-24-18-28(3)19-25-33)41-38(32-22-16-27(2)17-23-32)35(40(36)42-37)30-12-8-5-9-13-30/h4-25,42H,1-3H3. The van der Waals surface area contributed by atoms with Gasteiger partial charge in [0.25, 0.3) is 0 Å². The number of fused-ring (bicyclic) bond motifs is 1. The number of aromatic amines is 1. The average molecular weight is 541 g/mol. The van der Waals surface area contributed by atoms with Crippen molar-refractivity contribution in [3.05, 3.63) is 150 Å². The van der Waals surface area contributed by atoms with Gasteiger partial charge < -0.3 is 4.98 Å². The van der Waals surface area contributed by atoms with Crippen LogP contribution in [0.2, 0.25) is 0 Å². The zero-order chi connectivity index (χ0) is 28.6. The molecule has 0 saturated heterocycles. The van der Waals surface area contributed by atoms with Crippen LogP contribution >= 0.6 is 0 Å². The van der Waals surface area contributed by atoms with E-state index in [1.807, 2.05) is 0 Å². The molecule has 7 rings (SSSR count). The fraction of sp³-hybridized carbons (Fsp3) is 0.0750. The Labute approximate surface area is 247 Å². The van der Waals surface area contributed by atoms with Gasteiger partial charge in [-0.3, -0.25) is 0 Å². The Balaban J connectivity index is 1.69. The van der Waals surface area contributed by atoms with Gasteiger partial charge in [0.1, 0.15) is 0 Å². The second-order valence-corrected chi connectivity index (χ2v) is 11.1. The third kappa shape index (κ3) is 4.61. The highest BCUT2D eigenvalue weighted by Crippen LogP contribution is 2.48. The zero-order valence-corrected chi connectivity index (χ0v) is 24.1. The van der Waals surface area contributed by atoms with Crippen LogP contribution in [0.15, 0.2) is 133 Å². The summed E-state index contributed by atoms with van der Waals surface area (Å²) in [6.45, 7) is 6.39. The fourth-order valence-electron chi connectivity index (χ4n) is 5.82. The molecule has 0 atom stereocenters. The first-order valence-electron chi connectivity index (χ1n) is 14.5. The van der Waals surface area contributed by atoms with Gasteiger partial charge in [-0.15, -0.1) is 0 Å². The van der Waals surface area contributed by atoms with E-state index in [0.717, 1.165) is 61.4 Å². The minimum absolute atomic E-state index is 0.973. The molecule has 0 aliphatic heterocycles. The SMILES string of the molecule is Cc1ccc(-c2nc(-c3ccc(C)cc3)c3c(-c4ccccc4)c(-c4ccc(C)cc4)[nH]c3c2-c2ccccc2)cc1. The normalized spacial score (nSPS) is 11.2. The average Bonchev–Trinajstić information content (AvgIpc) is 3.43. The van der Waals surface area contributed by atoms with Crippen LogP contribution in [-0.4, -0.2) is 9.97 Å². The molecule has 0 aliphatic carbocycles. The lowest BCUT2D eigenvalue weighted by atomic mass is 9.91. The van der Waals surface area contributed by atoms with Crippen LogP contribution in [0.1, 0.15) is 16.7 Å². The molecular weight excluding hydrogens is 508 g/mol. The molecular formula is C40H32N2. The maximum atomic E-state index is 5.56. The van der Waals surface area contributed by atoms with Crippen LogP contribution in [0.5, 0.6) is 0 Å². The van der Waals surface area contributed by atoms with Crippen molar-refractivity contribution in [1.82, 2.24) is 9.97 Å². The van der Waals surface area contributed by atoms with E-state index in [-0.39, 0.29) is 0 Å². The highest BCUT2D eigenvalue weighted by atomic mass is 14.8. The molecule has 0 fully saturated rings. The summed E-state index contributed by atoms with van der Waals surface area (Å²) in [4.78, 5) is 9.53. The number of H-pyrrole nitrogens is 1. The number of aryl methyl sites for hydroxylation is 3. The molecule has 202 valence electrons. The number of pyridine rings is 1. The molecule has 0 saturated carbocycles. The quantitative estimate of drug-likeness (QED) is 0.231. The Bertz CT molecular complexity index is 2000. The number of rotatable bonds is 5. The van der Waals surface area contributed by atoms with Crippen LogP contribution in [0, 0.1) is 20.8 Å². The van der Waals surface area contributed by atoms with Crippen molar-refractivity contribution in [1.29, 1.82) is 0 Å². The summed E-state index contributed by atoms with van der Waals surface area (Å²) in [6.07, 6.45) is 0. The molecule has 0 radical (unpaired) electrons. The number of nitrogens with one attached hydrogen (secondary N) is 1. The predicted molar refractivity (Wildman–Crippen MR) is 177 cm³/mol. The monoisotopic (exact) mass is 540 g/mol. The molecule has 2 heterocycles. The Morgan fingerprint density at radius 3 is 1.33 bits per heavy atom. The molecule has 42 heavy (non-hydrogen) atoms. The molecule has 0 unspecified atom stereocenters. The van der Waals surface area contributed by atoms with Gasteiger partial charge in [-0.25, -0.2) is 4.98 Å². The van der Waals surface area contributed by atoms with Crippen LogP contribution < -0.4 is 0 Å². The van der Waals surface area contributed by atoms with E-state index >= 15 is 0 Å². The van der Waals surface area contributed by atoms with Crippen molar-refractivity contribution in [3.8, 4) is 56.0 Å². The Kier molecular flexibility index (Phi) is 6.52. The second-order valence-electron chi connectivity index (χ2n) is 11.1. The van der Waals surface area contributed by atoms with E-state index in [2.05, 4.69) is 159 Å². The third-order valence-corrected chi connectivity index (χ3v) is 8.06. The summed E-state index contributed by atoms with van der Waals surface area (Å²) in [5.41, 5.74) is 15.8. The number of hydrogen-bond acceptors (Lipinski definition) is 1. The predicted octanol–water partition coefficient (Wildman–Crippen LogP) is 10.8. The van der Waals surface area contributed by atoms with E-state index in [0.29, 0.717) is 0 Å². The fourth-order valence-corrected chi connectivity index (χ4v) is 5.82. The van der Waals surface area contributed by atoms with Crippen molar-refractivity contribution in [2.45, 2.75) is 20.8 Å². The maximum absolute atomic E-state index is 5.56. The summed E-state index contributed by atoms with van der Waals surface area (Å²) < 4.78 is 0. The van der Waals surface area contributed by atoms with Crippen molar-refractivity contribution in [2.75, 3.05) is 0 Å². The van der Waals surface area contributed by atoms with Gasteiger partial charge in [-0.05, 0) is 37.5 Å². The van der Waals surface area contributed by atoms with Gasteiger partial charge in [-0.2, -0.15) is 0 Å². The first-order valence-corrected chi connectivity index (χ1v) is 14.5. The summed E-state index contributed by atoms with van der Waals surface area (Å²) >= 11 is 0.